The van der Waals surface area contributed by atoms with Crippen LogP contribution < -0.4 is 10.9 Å². The Morgan fingerprint density at radius 1 is 1.03 bits per heavy atom. The normalized spacial score (nSPS) is 12.2. The smallest absolute Gasteiger partial charge is 0.267 e. The van der Waals surface area contributed by atoms with E-state index in [1.54, 1.807) is 24.3 Å². The molecular formula is C22H17N5O2S2. The number of nitrogens with zero attached hydrogens (tertiary/aromatic N) is 4. The van der Waals surface area contributed by atoms with Gasteiger partial charge in [-0.3, -0.25) is 14.0 Å². The van der Waals surface area contributed by atoms with Crippen LogP contribution >= 0.6 is 22.7 Å². The molecule has 5 aromatic rings. The summed E-state index contributed by atoms with van der Waals surface area (Å²) >= 11 is 3.07. The van der Waals surface area contributed by atoms with Crippen LogP contribution in [0, 0.1) is 0 Å². The molecule has 9 heteroatoms. The Hall–Kier alpha value is -3.56. The zero-order chi connectivity index (χ0) is 21.4. The van der Waals surface area contributed by atoms with E-state index in [0.29, 0.717) is 11.4 Å². The Balaban J connectivity index is 1.44. The van der Waals surface area contributed by atoms with Crippen molar-refractivity contribution in [2.75, 3.05) is 5.32 Å². The summed E-state index contributed by atoms with van der Waals surface area (Å²) in [5.74, 6) is -0.327. The van der Waals surface area contributed by atoms with Crippen LogP contribution in [0.3, 0.4) is 0 Å². The van der Waals surface area contributed by atoms with E-state index in [0.717, 1.165) is 21.1 Å². The van der Waals surface area contributed by atoms with Gasteiger partial charge in [-0.25, -0.2) is 9.67 Å². The summed E-state index contributed by atoms with van der Waals surface area (Å²) < 4.78 is 3.17. The molecular weight excluding hydrogens is 430 g/mol. The molecule has 0 aliphatic rings. The second kappa shape index (κ2) is 7.93. The number of amides is 1. The van der Waals surface area contributed by atoms with Gasteiger partial charge in [0, 0.05) is 29.4 Å². The predicted octanol–water partition coefficient (Wildman–Crippen LogP) is 4.55. The number of benzene rings is 1. The SMILES string of the molecule is CC(C(=O)Nc1ccccc1-c1cn2ccsc2n1)n1nc(-c2cccs2)ccc1=O. The number of rotatable bonds is 5. The van der Waals surface area contributed by atoms with Gasteiger partial charge in [-0.1, -0.05) is 24.3 Å². The molecule has 0 aliphatic carbocycles. The lowest BCUT2D eigenvalue weighted by Crippen LogP contribution is -2.33. The highest BCUT2D eigenvalue weighted by Gasteiger charge is 2.20. The fourth-order valence-electron chi connectivity index (χ4n) is 3.28. The van der Waals surface area contributed by atoms with Crippen molar-refractivity contribution in [3.8, 4) is 21.8 Å². The van der Waals surface area contributed by atoms with Crippen molar-refractivity contribution in [3.63, 3.8) is 0 Å². The number of hydrogen-bond acceptors (Lipinski definition) is 6. The Bertz CT molecular complexity index is 1400. The van der Waals surface area contributed by atoms with Crippen LogP contribution in [0.1, 0.15) is 13.0 Å². The third-order valence-corrected chi connectivity index (χ3v) is 6.56. The molecule has 154 valence electrons. The van der Waals surface area contributed by atoms with Gasteiger partial charge in [-0.2, -0.15) is 5.10 Å². The quantitative estimate of drug-likeness (QED) is 0.429. The number of thiazole rings is 1. The summed E-state index contributed by atoms with van der Waals surface area (Å²) in [7, 11) is 0. The number of para-hydroxylation sites is 1. The van der Waals surface area contributed by atoms with Crippen LogP contribution in [0.2, 0.25) is 0 Å². The lowest BCUT2D eigenvalue weighted by molar-refractivity contribution is -0.119. The fraction of sp³-hybridized carbons (Fsp3) is 0.0909. The third-order valence-electron chi connectivity index (χ3n) is 4.90. The van der Waals surface area contributed by atoms with Gasteiger partial charge in [0.1, 0.15) is 11.7 Å². The van der Waals surface area contributed by atoms with Crippen molar-refractivity contribution in [3.05, 3.63) is 82.0 Å². The Kier molecular flexibility index (Phi) is 4.97. The Morgan fingerprint density at radius 2 is 1.90 bits per heavy atom. The first-order valence-corrected chi connectivity index (χ1v) is 11.3. The number of imidazole rings is 1. The highest BCUT2D eigenvalue weighted by molar-refractivity contribution is 7.15. The molecule has 1 aromatic carbocycles. The van der Waals surface area contributed by atoms with E-state index in [1.165, 1.54) is 22.1 Å². The van der Waals surface area contributed by atoms with Crippen molar-refractivity contribution in [1.29, 1.82) is 0 Å². The van der Waals surface area contributed by atoms with Crippen molar-refractivity contribution in [1.82, 2.24) is 19.2 Å². The van der Waals surface area contributed by atoms with E-state index in [9.17, 15) is 9.59 Å². The van der Waals surface area contributed by atoms with Gasteiger partial charge >= 0.3 is 0 Å². The van der Waals surface area contributed by atoms with E-state index >= 15 is 0 Å². The number of fused-ring (bicyclic) bond motifs is 1. The number of nitrogens with one attached hydrogen (secondary N) is 1. The van der Waals surface area contributed by atoms with Crippen molar-refractivity contribution in [2.24, 2.45) is 0 Å². The lowest BCUT2D eigenvalue weighted by atomic mass is 10.1. The van der Waals surface area contributed by atoms with Crippen LogP contribution in [0.15, 0.2) is 76.5 Å². The number of carbonyl (C=O) groups excluding carboxylic acids is 1. The highest BCUT2D eigenvalue weighted by Crippen LogP contribution is 2.29. The van der Waals surface area contributed by atoms with E-state index in [1.807, 2.05) is 64.0 Å². The maximum Gasteiger partial charge on any atom is 0.267 e. The van der Waals surface area contributed by atoms with Crippen molar-refractivity contribution in [2.45, 2.75) is 13.0 Å². The minimum Gasteiger partial charge on any atom is -0.324 e. The molecule has 0 saturated heterocycles. The van der Waals surface area contributed by atoms with Crippen LogP contribution in [0.25, 0.3) is 26.8 Å². The molecule has 7 nitrogen and oxygen atoms in total. The first-order valence-electron chi connectivity index (χ1n) is 9.56. The molecule has 1 unspecified atom stereocenters. The molecule has 1 amide bonds. The Labute approximate surface area is 185 Å². The van der Waals surface area contributed by atoms with E-state index < -0.39 is 6.04 Å². The summed E-state index contributed by atoms with van der Waals surface area (Å²) in [6.45, 7) is 1.66. The van der Waals surface area contributed by atoms with Gasteiger partial charge in [0.05, 0.1) is 16.3 Å². The molecule has 0 bridgehead atoms. The van der Waals surface area contributed by atoms with Crippen molar-refractivity contribution >= 4 is 39.2 Å². The first kappa shape index (κ1) is 19.4. The molecule has 0 saturated carbocycles. The zero-order valence-corrected chi connectivity index (χ0v) is 18.1. The monoisotopic (exact) mass is 447 g/mol. The zero-order valence-electron chi connectivity index (χ0n) is 16.4. The van der Waals surface area contributed by atoms with Gasteiger partial charge in [-0.05, 0) is 30.5 Å². The summed E-state index contributed by atoms with van der Waals surface area (Å²) in [6, 6.07) is 13.7. The molecule has 4 heterocycles. The fourth-order valence-corrected chi connectivity index (χ4v) is 4.67. The minimum atomic E-state index is -0.786. The largest absolute Gasteiger partial charge is 0.324 e. The maximum atomic E-state index is 13.0. The van der Waals surface area contributed by atoms with Gasteiger partial charge in [0.2, 0.25) is 5.91 Å². The molecule has 1 atom stereocenters. The number of anilines is 1. The molecule has 1 N–H and O–H groups in total. The molecule has 31 heavy (non-hydrogen) atoms. The van der Waals surface area contributed by atoms with Gasteiger partial charge in [-0.15, -0.1) is 22.7 Å². The summed E-state index contributed by atoms with van der Waals surface area (Å²) in [5.41, 5.74) is 2.54. The summed E-state index contributed by atoms with van der Waals surface area (Å²) in [5, 5.41) is 11.3. The standard InChI is InChI=1S/C22H17N5O2S2/c1-14(27-20(28)9-8-17(25-27)19-7-4-11-30-19)21(29)23-16-6-3-2-5-15(16)18-13-26-10-12-31-22(26)24-18/h2-14H,1H3,(H,23,29). The Morgan fingerprint density at radius 3 is 2.71 bits per heavy atom. The first-order chi connectivity index (χ1) is 15.1. The van der Waals surface area contributed by atoms with Crippen LogP contribution in [0.4, 0.5) is 5.69 Å². The minimum absolute atomic E-state index is 0.327. The summed E-state index contributed by atoms with van der Waals surface area (Å²) in [4.78, 5) is 31.9. The average Bonchev–Trinajstić information content (AvgIpc) is 3.52. The molecule has 4 aromatic heterocycles. The number of aromatic nitrogens is 4. The second-order valence-electron chi connectivity index (χ2n) is 6.91. The van der Waals surface area contributed by atoms with E-state index in [2.05, 4.69) is 15.4 Å². The van der Waals surface area contributed by atoms with Gasteiger partial charge in [0.25, 0.3) is 5.56 Å². The maximum absolute atomic E-state index is 13.0. The van der Waals surface area contributed by atoms with Gasteiger partial charge < -0.3 is 5.32 Å². The van der Waals surface area contributed by atoms with Gasteiger partial charge in [0.15, 0.2) is 4.96 Å². The lowest BCUT2D eigenvalue weighted by Gasteiger charge is -2.16. The number of thiophene rings is 1. The second-order valence-corrected chi connectivity index (χ2v) is 8.73. The summed E-state index contributed by atoms with van der Waals surface area (Å²) in [6.07, 6.45) is 3.87. The van der Waals surface area contributed by atoms with Crippen LogP contribution in [-0.2, 0) is 4.79 Å². The van der Waals surface area contributed by atoms with E-state index in [4.69, 9.17) is 0 Å². The van der Waals surface area contributed by atoms with Crippen LogP contribution in [0.5, 0.6) is 0 Å². The molecule has 0 spiro atoms. The van der Waals surface area contributed by atoms with Crippen LogP contribution in [-0.4, -0.2) is 25.1 Å². The topological polar surface area (TPSA) is 81.3 Å². The third kappa shape index (κ3) is 3.69. The van der Waals surface area contributed by atoms with E-state index in [-0.39, 0.29) is 11.5 Å². The highest BCUT2D eigenvalue weighted by atomic mass is 32.1. The predicted molar refractivity (Wildman–Crippen MR) is 124 cm³/mol. The number of hydrogen-bond donors (Lipinski definition) is 1. The molecule has 5 rings (SSSR count). The van der Waals surface area contributed by atoms with Crippen molar-refractivity contribution < 1.29 is 4.79 Å². The average molecular weight is 448 g/mol. The molecule has 0 fully saturated rings. The number of carbonyl (C=O) groups is 1. The molecule has 0 radical (unpaired) electrons. The molecule has 0 aliphatic heterocycles.